The summed E-state index contributed by atoms with van der Waals surface area (Å²) in [5.74, 6) is 1.28. The minimum Gasteiger partial charge on any atom is -0.370 e. The van der Waals surface area contributed by atoms with Crippen LogP contribution in [0.2, 0.25) is 0 Å². The zero-order valence-electron chi connectivity index (χ0n) is 11.5. The van der Waals surface area contributed by atoms with Gasteiger partial charge in [-0.3, -0.25) is 0 Å². The number of nitrogens with zero attached hydrogens (tertiary/aromatic N) is 2. The second-order valence-corrected chi connectivity index (χ2v) is 5.81. The normalized spacial score (nSPS) is 25.6. The van der Waals surface area contributed by atoms with E-state index in [9.17, 15) is 0 Å². The molecule has 1 aliphatic carbocycles. The van der Waals surface area contributed by atoms with E-state index in [1.165, 1.54) is 22.8 Å². The van der Waals surface area contributed by atoms with Crippen LogP contribution in [0.1, 0.15) is 24.3 Å². The van der Waals surface area contributed by atoms with E-state index in [1.54, 1.807) is 0 Å². The highest BCUT2D eigenvalue weighted by Crippen LogP contribution is 2.46. The highest BCUT2D eigenvalue weighted by Gasteiger charge is 2.39. The quantitative estimate of drug-likeness (QED) is 0.670. The third-order valence-electron chi connectivity index (χ3n) is 4.46. The van der Waals surface area contributed by atoms with E-state index in [-0.39, 0.29) is 0 Å². The minimum atomic E-state index is 0.376. The van der Waals surface area contributed by atoms with Crippen LogP contribution in [-0.4, -0.2) is 30.0 Å². The molecule has 1 heterocycles. The lowest BCUT2D eigenvalue weighted by atomic mass is 10.0. The number of rotatable bonds is 2. The molecule has 0 aromatic heterocycles. The van der Waals surface area contributed by atoms with Gasteiger partial charge < -0.3 is 10.6 Å². The molecule has 1 saturated carbocycles. The van der Waals surface area contributed by atoms with E-state index in [2.05, 4.69) is 47.4 Å². The van der Waals surface area contributed by atoms with E-state index in [4.69, 9.17) is 10.7 Å². The van der Waals surface area contributed by atoms with Crippen LogP contribution in [-0.2, 0) is 0 Å². The van der Waals surface area contributed by atoms with E-state index in [1.807, 2.05) is 0 Å². The Bertz CT molecular complexity index is 667. The van der Waals surface area contributed by atoms with Crippen LogP contribution in [0.4, 0.5) is 0 Å². The Balaban J connectivity index is 1.59. The van der Waals surface area contributed by atoms with E-state index < -0.39 is 0 Å². The van der Waals surface area contributed by atoms with Gasteiger partial charge in [0.05, 0.1) is 6.04 Å². The molecule has 3 heteroatoms. The Labute approximate surface area is 119 Å². The van der Waals surface area contributed by atoms with Gasteiger partial charge in [0.25, 0.3) is 0 Å². The Morgan fingerprint density at radius 1 is 1.10 bits per heavy atom. The summed E-state index contributed by atoms with van der Waals surface area (Å²) in [5.41, 5.74) is 7.47. The molecule has 4 rings (SSSR count). The SMILES string of the molecule is NC(=N[C@@H]1C[C@H]1c1cccc2ccccc12)N1CCC1. The lowest BCUT2D eigenvalue weighted by Crippen LogP contribution is -2.46. The van der Waals surface area contributed by atoms with E-state index in [0.717, 1.165) is 25.5 Å². The number of hydrogen-bond donors (Lipinski definition) is 1. The molecule has 1 aliphatic heterocycles. The van der Waals surface area contributed by atoms with Crippen LogP contribution < -0.4 is 5.73 Å². The summed E-state index contributed by atoms with van der Waals surface area (Å²) in [6.07, 6.45) is 2.37. The first-order valence-electron chi connectivity index (χ1n) is 7.39. The number of aliphatic imine (C=N–C) groups is 1. The second-order valence-electron chi connectivity index (χ2n) is 5.81. The fourth-order valence-electron chi connectivity index (χ4n) is 3.03. The van der Waals surface area contributed by atoms with Gasteiger partial charge in [0.2, 0.25) is 0 Å². The molecule has 2 aromatic rings. The average molecular weight is 265 g/mol. The van der Waals surface area contributed by atoms with Gasteiger partial charge in [-0.15, -0.1) is 0 Å². The van der Waals surface area contributed by atoms with Crippen LogP contribution in [0.15, 0.2) is 47.5 Å². The molecule has 2 N–H and O–H groups in total. The summed E-state index contributed by atoms with van der Waals surface area (Å²) in [6, 6.07) is 15.5. The smallest absolute Gasteiger partial charge is 0.191 e. The molecule has 1 saturated heterocycles. The van der Waals surface area contributed by atoms with Gasteiger partial charge in [0, 0.05) is 19.0 Å². The van der Waals surface area contributed by atoms with Crippen LogP contribution in [0, 0.1) is 0 Å². The molecule has 0 amide bonds. The summed E-state index contributed by atoms with van der Waals surface area (Å²) in [6.45, 7) is 2.14. The van der Waals surface area contributed by atoms with Crippen LogP contribution in [0.5, 0.6) is 0 Å². The van der Waals surface area contributed by atoms with Gasteiger partial charge in [-0.25, -0.2) is 4.99 Å². The van der Waals surface area contributed by atoms with Gasteiger partial charge in [-0.2, -0.15) is 0 Å². The molecular weight excluding hydrogens is 246 g/mol. The Hall–Kier alpha value is -2.03. The second kappa shape index (κ2) is 4.51. The van der Waals surface area contributed by atoms with Crippen molar-refractivity contribution in [2.24, 2.45) is 10.7 Å². The van der Waals surface area contributed by atoms with Gasteiger partial charge in [0.1, 0.15) is 0 Å². The first-order chi connectivity index (χ1) is 9.83. The predicted molar refractivity (Wildman–Crippen MR) is 82.9 cm³/mol. The third-order valence-corrected chi connectivity index (χ3v) is 4.46. The van der Waals surface area contributed by atoms with Crippen molar-refractivity contribution in [1.29, 1.82) is 0 Å². The van der Waals surface area contributed by atoms with Gasteiger partial charge in [-0.1, -0.05) is 42.5 Å². The van der Waals surface area contributed by atoms with Gasteiger partial charge in [-0.05, 0) is 29.2 Å². The zero-order chi connectivity index (χ0) is 13.5. The van der Waals surface area contributed by atoms with Crippen molar-refractivity contribution in [3.8, 4) is 0 Å². The third kappa shape index (κ3) is 1.94. The number of likely N-dealkylation sites (tertiary alicyclic amines) is 1. The largest absolute Gasteiger partial charge is 0.370 e. The molecule has 102 valence electrons. The number of fused-ring (bicyclic) bond motifs is 1. The van der Waals surface area contributed by atoms with Gasteiger partial charge >= 0.3 is 0 Å². The van der Waals surface area contributed by atoms with Crippen molar-refractivity contribution in [2.75, 3.05) is 13.1 Å². The molecule has 0 bridgehead atoms. The topological polar surface area (TPSA) is 41.6 Å². The maximum absolute atomic E-state index is 6.05. The molecular formula is C17H19N3. The lowest BCUT2D eigenvalue weighted by molar-refractivity contribution is 0.295. The minimum absolute atomic E-state index is 0.376. The molecule has 2 atom stereocenters. The summed E-state index contributed by atoms with van der Waals surface area (Å²) in [4.78, 5) is 6.86. The van der Waals surface area contributed by atoms with Crippen LogP contribution in [0.3, 0.4) is 0 Å². The maximum Gasteiger partial charge on any atom is 0.191 e. The summed E-state index contributed by atoms with van der Waals surface area (Å²) >= 11 is 0. The van der Waals surface area contributed by atoms with Crippen molar-refractivity contribution < 1.29 is 0 Å². The first kappa shape index (κ1) is 11.8. The fraction of sp³-hybridized carbons (Fsp3) is 0.353. The Kier molecular flexibility index (Phi) is 2.66. The summed E-state index contributed by atoms with van der Waals surface area (Å²) < 4.78 is 0. The number of nitrogens with two attached hydrogens (primary N) is 1. The molecule has 0 spiro atoms. The zero-order valence-corrected chi connectivity index (χ0v) is 11.5. The van der Waals surface area contributed by atoms with Crippen molar-refractivity contribution in [2.45, 2.75) is 24.8 Å². The first-order valence-corrected chi connectivity index (χ1v) is 7.39. The standard InChI is InChI=1S/C17H19N3/c18-17(20-9-4-10-20)19-16-11-15(16)14-8-3-6-12-5-1-2-7-13(12)14/h1-3,5-8,15-16H,4,9-11H2,(H2,18,19)/t15-,16+/m0/s1. The van der Waals surface area contributed by atoms with Crippen molar-refractivity contribution in [3.63, 3.8) is 0 Å². The van der Waals surface area contributed by atoms with Crippen molar-refractivity contribution in [3.05, 3.63) is 48.0 Å². The molecule has 3 nitrogen and oxygen atoms in total. The summed E-state index contributed by atoms with van der Waals surface area (Å²) in [5, 5.41) is 2.68. The van der Waals surface area contributed by atoms with E-state index >= 15 is 0 Å². The molecule has 0 unspecified atom stereocenters. The van der Waals surface area contributed by atoms with E-state index in [0.29, 0.717) is 12.0 Å². The van der Waals surface area contributed by atoms with Crippen molar-refractivity contribution in [1.82, 2.24) is 4.90 Å². The van der Waals surface area contributed by atoms with Gasteiger partial charge in [0.15, 0.2) is 5.96 Å². The van der Waals surface area contributed by atoms with Crippen LogP contribution in [0.25, 0.3) is 10.8 Å². The maximum atomic E-state index is 6.05. The molecule has 2 fully saturated rings. The highest BCUT2D eigenvalue weighted by molar-refractivity contribution is 5.87. The van der Waals surface area contributed by atoms with Crippen molar-refractivity contribution >= 4 is 16.7 Å². The average Bonchev–Trinajstić information content (AvgIpc) is 3.15. The number of guanidine groups is 1. The monoisotopic (exact) mass is 265 g/mol. The molecule has 20 heavy (non-hydrogen) atoms. The Morgan fingerprint density at radius 2 is 1.90 bits per heavy atom. The highest BCUT2D eigenvalue weighted by atomic mass is 15.3. The molecule has 0 radical (unpaired) electrons. The molecule has 2 aromatic carbocycles. The lowest BCUT2D eigenvalue weighted by Gasteiger charge is -2.31. The number of benzene rings is 2. The molecule has 2 aliphatic rings. The predicted octanol–water partition coefficient (Wildman–Crippen LogP) is 2.72. The Morgan fingerprint density at radius 3 is 2.70 bits per heavy atom. The number of hydrogen-bond acceptors (Lipinski definition) is 1. The van der Waals surface area contributed by atoms with Crippen LogP contribution >= 0.6 is 0 Å². The summed E-state index contributed by atoms with van der Waals surface area (Å²) in [7, 11) is 0. The fourth-order valence-corrected chi connectivity index (χ4v) is 3.03.